The van der Waals surface area contributed by atoms with Crippen LogP contribution in [0.1, 0.15) is 5.56 Å². The van der Waals surface area contributed by atoms with Gasteiger partial charge in [0.15, 0.2) is 0 Å². The lowest BCUT2D eigenvalue weighted by Gasteiger charge is -1.99. The molecule has 0 aromatic carbocycles. The van der Waals surface area contributed by atoms with E-state index in [0.717, 1.165) is 5.56 Å². The molecule has 2 rings (SSSR count). The second-order valence-corrected chi connectivity index (χ2v) is 3.61. The first-order chi connectivity index (χ1) is 8.66. The van der Waals surface area contributed by atoms with E-state index in [9.17, 15) is 10.1 Å². The van der Waals surface area contributed by atoms with Gasteiger partial charge in [0.05, 0.1) is 11.1 Å². The van der Waals surface area contributed by atoms with Crippen LogP contribution < -0.4 is 5.43 Å². The number of nitrogens with zero attached hydrogens (tertiary/aromatic N) is 4. The van der Waals surface area contributed by atoms with Crippen LogP contribution in [0.15, 0.2) is 41.9 Å². The van der Waals surface area contributed by atoms with E-state index < -0.39 is 4.92 Å². The van der Waals surface area contributed by atoms with E-state index in [4.69, 9.17) is 0 Å². The fraction of sp³-hybridized carbons (Fsp3) is 0.0909. The molecule has 0 fully saturated rings. The summed E-state index contributed by atoms with van der Waals surface area (Å²) in [4.78, 5) is 14.1. The van der Waals surface area contributed by atoms with Gasteiger partial charge in [-0.25, -0.2) is 4.98 Å². The second kappa shape index (κ2) is 5.09. The zero-order chi connectivity index (χ0) is 13.0. The van der Waals surface area contributed by atoms with Crippen molar-refractivity contribution in [3.05, 3.63) is 52.5 Å². The average Bonchev–Trinajstić information content (AvgIpc) is 2.75. The van der Waals surface area contributed by atoms with Crippen LogP contribution in [0.4, 0.5) is 11.5 Å². The predicted molar refractivity (Wildman–Crippen MR) is 67.5 cm³/mol. The first-order valence-electron chi connectivity index (χ1n) is 5.17. The monoisotopic (exact) mass is 245 g/mol. The van der Waals surface area contributed by atoms with Crippen molar-refractivity contribution in [2.45, 2.75) is 0 Å². The van der Waals surface area contributed by atoms with E-state index in [2.05, 4.69) is 15.5 Å². The minimum atomic E-state index is -0.507. The van der Waals surface area contributed by atoms with Gasteiger partial charge in [-0.15, -0.1) is 0 Å². The number of nitro groups is 1. The van der Waals surface area contributed by atoms with Crippen LogP contribution in [0, 0.1) is 10.1 Å². The minimum Gasteiger partial charge on any atom is -0.357 e. The summed E-state index contributed by atoms with van der Waals surface area (Å²) in [6.45, 7) is 0. The van der Waals surface area contributed by atoms with Crippen LogP contribution in [0.25, 0.3) is 0 Å². The molecule has 0 spiro atoms. The molecule has 0 aliphatic rings. The average molecular weight is 245 g/mol. The van der Waals surface area contributed by atoms with Crippen molar-refractivity contribution >= 4 is 17.7 Å². The molecule has 0 aliphatic heterocycles. The van der Waals surface area contributed by atoms with Crippen molar-refractivity contribution in [1.82, 2.24) is 9.55 Å². The molecular weight excluding hydrogens is 234 g/mol. The smallest absolute Gasteiger partial charge is 0.313 e. The van der Waals surface area contributed by atoms with Crippen LogP contribution >= 0.6 is 0 Å². The maximum absolute atomic E-state index is 10.7. The third kappa shape index (κ3) is 2.70. The number of aryl methyl sites for hydroxylation is 1. The van der Waals surface area contributed by atoms with E-state index in [1.807, 2.05) is 30.1 Å². The molecule has 0 saturated carbocycles. The summed E-state index contributed by atoms with van der Waals surface area (Å²) in [5.74, 6) is 0.120. The third-order valence-corrected chi connectivity index (χ3v) is 2.22. The zero-order valence-electron chi connectivity index (χ0n) is 9.65. The molecule has 2 heterocycles. The Kier molecular flexibility index (Phi) is 3.33. The summed E-state index contributed by atoms with van der Waals surface area (Å²) in [6.07, 6.45) is 6.79. The van der Waals surface area contributed by atoms with Crippen molar-refractivity contribution < 1.29 is 4.92 Å². The Labute approximate surface area is 103 Å². The fourth-order valence-electron chi connectivity index (χ4n) is 1.40. The van der Waals surface area contributed by atoms with Crippen LogP contribution in [-0.2, 0) is 7.05 Å². The molecule has 2 aromatic rings. The molecule has 7 heteroatoms. The minimum absolute atomic E-state index is 0.109. The first kappa shape index (κ1) is 11.8. The Bertz CT molecular complexity index is 591. The van der Waals surface area contributed by atoms with E-state index in [1.165, 1.54) is 18.3 Å². The molecule has 92 valence electrons. The number of hydrogen-bond donors (Lipinski definition) is 1. The van der Waals surface area contributed by atoms with E-state index in [0.29, 0.717) is 0 Å². The molecule has 0 bridgehead atoms. The van der Waals surface area contributed by atoms with Gasteiger partial charge >= 0.3 is 5.69 Å². The summed E-state index contributed by atoms with van der Waals surface area (Å²) < 4.78 is 1.88. The molecule has 1 N–H and O–H groups in total. The van der Waals surface area contributed by atoms with Gasteiger partial charge < -0.3 is 4.57 Å². The van der Waals surface area contributed by atoms with Crippen molar-refractivity contribution in [2.75, 3.05) is 5.43 Å². The normalized spacial score (nSPS) is 10.7. The van der Waals surface area contributed by atoms with E-state index in [1.54, 1.807) is 6.21 Å². The summed E-state index contributed by atoms with van der Waals surface area (Å²) in [5, 5.41) is 14.6. The van der Waals surface area contributed by atoms with Gasteiger partial charge in [-0.1, -0.05) is 0 Å². The SMILES string of the molecule is Cn1ccc(/C=N\Nc2ncccc2[N+](=O)[O-])c1. The Morgan fingerprint density at radius 2 is 2.39 bits per heavy atom. The van der Waals surface area contributed by atoms with E-state index >= 15 is 0 Å². The topological polar surface area (TPSA) is 85.3 Å². The highest BCUT2D eigenvalue weighted by Crippen LogP contribution is 2.19. The Morgan fingerprint density at radius 3 is 3.06 bits per heavy atom. The number of aromatic nitrogens is 2. The summed E-state index contributed by atoms with van der Waals surface area (Å²) in [7, 11) is 1.90. The number of anilines is 1. The molecule has 7 nitrogen and oxygen atoms in total. The first-order valence-corrected chi connectivity index (χ1v) is 5.17. The molecule has 0 amide bonds. The zero-order valence-corrected chi connectivity index (χ0v) is 9.65. The standard InChI is InChI=1S/C11H11N5O2/c1-15-6-4-9(8-15)7-13-14-11-10(16(17)18)3-2-5-12-11/h2-8H,1H3,(H,12,14)/b13-7-. The fourth-order valence-corrected chi connectivity index (χ4v) is 1.40. The molecule has 0 unspecified atom stereocenters. The Balaban J connectivity index is 2.11. The third-order valence-electron chi connectivity index (χ3n) is 2.22. The molecule has 0 atom stereocenters. The van der Waals surface area contributed by atoms with Gasteiger partial charge in [0.25, 0.3) is 0 Å². The van der Waals surface area contributed by atoms with Gasteiger partial charge in [-0.05, 0) is 12.1 Å². The van der Waals surface area contributed by atoms with Crippen molar-refractivity contribution in [2.24, 2.45) is 12.1 Å². The Morgan fingerprint density at radius 1 is 1.56 bits per heavy atom. The van der Waals surface area contributed by atoms with Gasteiger partial charge in [-0.3, -0.25) is 15.5 Å². The highest BCUT2D eigenvalue weighted by atomic mass is 16.6. The highest BCUT2D eigenvalue weighted by molar-refractivity contribution is 5.80. The quantitative estimate of drug-likeness (QED) is 0.505. The van der Waals surface area contributed by atoms with Crippen molar-refractivity contribution in [3.8, 4) is 0 Å². The maximum atomic E-state index is 10.7. The largest absolute Gasteiger partial charge is 0.357 e. The predicted octanol–water partition coefficient (Wildman–Crippen LogP) is 1.77. The molecule has 0 aliphatic carbocycles. The number of hydrogen-bond acceptors (Lipinski definition) is 5. The molecule has 18 heavy (non-hydrogen) atoms. The van der Waals surface area contributed by atoms with Gasteiger partial charge in [0.2, 0.25) is 5.82 Å². The number of nitrogens with one attached hydrogen (secondary N) is 1. The van der Waals surface area contributed by atoms with Gasteiger partial charge in [0.1, 0.15) is 0 Å². The number of rotatable bonds is 4. The lowest BCUT2D eigenvalue weighted by atomic mass is 10.4. The molecule has 0 saturated heterocycles. The molecule has 0 radical (unpaired) electrons. The lowest BCUT2D eigenvalue weighted by Crippen LogP contribution is -1.98. The summed E-state index contributed by atoms with van der Waals surface area (Å²) >= 11 is 0. The van der Waals surface area contributed by atoms with Gasteiger partial charge in [-0.2, -0.15) is 5.10 Å². The van der Waals surface area contributed by atoms with Crippen LogP contribution in [0.2, 0.25) is 0 Å². The van der Waals surface area contributed by atoms with Crippen LogP contribution in [0.3, 0.4) is 0 Å². The van der Waals surface area contributed by atoms with E-state index in [-0.39, 0.29) is 11.5 Å². The molecular formula is C11H11N5O2. The number of hydrazone groups is 1. The maximum Gasteiger partial charge on any atom is 0.313 e. The van der Waals surface area contributed by atoms with Crippen LogP contribution in [0.5, 0.6) is 0 Å². The summed E-state index contributed by atoms with van der Waals surface area (Å²) in [6, 6.07) is 4.75. The van der Waals surface area contributed by atoms with Crippen molar-refractivity contribution in [1.29, 1.82) is 0 Å². The van der Waals surface area contributed by atoms with Gasteiger partial charge in [0, 0.05) is 37.3 Å². The molecule has 2 aromatic heterocycles. The summed E-state index contributed by atoms with van der Waals surface area (Å²) in [5.41, 5.74) is 3.34. The highest BCUT2D eigenvalue weighted by Gasteiger charge is 2.12. The lowest BCUT2D eigenvalue weighted by molar-refractivity contribution is -0.384. The number of pyridine rings is 1. The second-order valence-electron chi connectivity index (χ2n) is 3.61. The van der Waals surface area contributed by atoms with Crippen molar-refractivity contribution in [3.63, 3.8) is 0 Å². The van der Waals surface area contributed by atoms with Crippen LogP contribution in [-0.4, -0.2) is 20.7 Å². The Hall–Kier alpha value is -2.70.